The van der Waals surface area contributed by atoms with Gasteiger partial charge in [-0.25, -0.2) is 0 Å². The maximum Gasteiger partial charge on any atom is 0.270 e. The maximum atomic E-state index is 12.5. The molecular formula is C16H18N4O4. The van der Waals surface area contributed by atoms with Crippen LogP contribution in [-0.2, 0) is 4.74 Å². The Morgan fingerprint density at radius 1 is 1.21 bits per heavy atom. The Kier molecular flexibility index (Phi) is 4.48. The summed E-state index contributed by atoms with van der Waals surface area (Å²) in [5.41, 5.74) is 0.423. The molecule has 1 saturated heterocycles. The summed E-state index contributed by atoms with van der Waals surface area (Å²) in [5, 5.41) is 2.87. The Labute approximate surface area is 137 Å². The highest BCUT2D eigenvalue weighted by Gasteiger charge is 2.37. The quantitative estimate of drug-likeness (QED) is 0.732. The predicted octanol–water partition coefficient (Wildman–Crippen LogP) is -0.0276. The van der Waals surface area contributed by atoms with Gasteiger partial charge < -0.3 is 24.9 Å². The van der Waals surface area contributed by atoms with E-state index in [0.29, 0.717) is 18.8 Å². The Balaban J connectivity index is 1.71. The van der Waals surface area contributed by atoms with Crippen LogP contribution in [0.3, 0.4) is 0 Å². The van der Waals surface area contributed by atoms with Crippen LogP contribution in [0.5, 0.6) is 0 Å². The molecule has 2 aromatic rings. The molecule has 8 heteroatoms. The maximum absolute atomic E-state index is 12.5. The first kappa shape index (κ1) is 16.0. The third-order valence-electron chi connectivity index (χ3n) is 4.02. The van der Waals surface area contributed by atoms with Gasteiger partial charge in [-0.15, -0.1) is 0 Å². The van der Waals surface area contributed by atoms with Crippen LogP contribution in [-0.4, -0.2) is 59.0 Å². The Hall–Kier alpha value is -2.87. The smallest absolute Gasteiger partial charge is 0.270 e. The van der Waals surface area contributed by atoms with Crippen LogP contribution in [0.4, 0.5) is 0 Å². The minimum Gasteiger partial charge on any atom is -0.377 e. The highest BCUT2D eigenvalue weighted by Crippen LogP contribution is 2.16. The fraction of sp³-hybridized carbons (Fsp3) is 0.312. The van der Waals surface area contributed by atoms with Crippen LogP contribution in [0, 0.1) is 0 Å². The van der Waals surface area contributed by atoms with E-state index in [2.05, 4.69) is 15.3 Å². The molecule has 0 unspecified atom stereocenters. The normalized spacial score (nSPS) is 20.1. The zero-order chi connectivity index (χ0) is 17.1. The van der Waals surface area contributed by atoms with Crippen LogP contribution in [0.1, 0.15) is 21.0 Å². The summed E-state index contributed by atoms with van der Waals surface area (Å²) in [7, 11) is 1.54. The summed E-state index contributed by atoms with van der Waals surface area (Å²) < 4.78 is 5.39. The van der Waals surface area contributed by atoms with Crippen molar-refractivity contribution in [3.63, 3.8) is 0 Å². The first-order valence-electron chi connectivity index (χ1n) is 7.53. The molecule has 1 fully saturated rings. The first-order valence-corrected chi connectivity index (χ1v) is 7.53. The molecule has 2 atom stereocenters. The highest BCUT2D eigenvalue weighted by atomic mass is 16.5. The standard InChI is InChI=1S/C16H18N4O4/c1-24-14-9-20(16(23)12-7-10(21)4-6-18-12)8-13(14)19-15(22)11-3-2-5-17-11/h2-7,13-14,17H,8-9H2,1H3,(H,18,21)(H,19,22)/t13-,14-/m1/s1. The fourth-order valence-corrected chi connectivity index (χ4v) is 2.77. The molecule has 1 aliphatic heterocycles. The second-order valence-corrected chi connectivity index (χ2v) is 5.59. The molecule has 3 N–H and O–H groups in total. The number of carbonyl (C=O) groups excluding carboxylic acids is 2. The lowest BCUT2D eigenvalue weighted by Crippen LogP contribution is -2.43. The van der Waals surface area contributed by atoms with Gasteiger partial charge in [-0.2, -0.15) is 0 Å². The van der Waals surface area contributed by atoms with Crippen molar-refractivity contribution < 1.29 is 14.3 Å². The van der Waals surface area contributed by atoms with Crippen LogP contribution >= 0.6 is 0 Å². The summed E-state index contributed by atoms with van der Waals surface area (Å²) in [6, 6.07) is 5.68. The lowest BCUT2D eigenvalue weighted by molar-refractivity contribution is 0.0687. The van der Waals surface area contributed by atoms with E-state index >= 15 is 0 Å². The molecule has 0 aliphatic carbocycles. The molecular weight excluding hydrogens is 312 g/mol. The fourth-order valence-electron chi connectivity index (χ4n) is 2.77. The van der Waals surface area contributed by atoms with E-state index in [1.54, 1.807) is 23.2 Å². The molecule has 2 aromatic heterocycles. The van der Waals surface area contributed by atoms with Gasteiger partial charge in [0.1, 0.15) is 11.4 Å². The van der Waals surface area contributed by atoms with Crippen molar-refractivity contribution in [1.82, 2.24) is 20.2 Å². The van der Waals surface area contributed by atoms with Crippen molar-refractivity contribution in [2.75, 3.05) is 20.2 Å². The number of carbonyl (C=O) groups is 2. The van der Waals surface area contributed by atoms with Crippen LogP contribution in [0.15, 0.2) is 41.5 Å². The van der Waals surface area contributed by atoms with Crippen LogP contribution < -0.4 is 10.7 Å². The summed E-state index contributed by atoms with van der Waals surface area (Å²) >= 11 is 0. The summed E-state index contributed by atoms with van der Waals surface area (Å²) in [6.07, 6.45) is 2.78. The van der Waals surface area contributed by atoms with Gasteiger partial charge in [0.05, 0.1) is 12.1 Å². The molecule has 0 spiro atoms. The number of rotatable bonds is 4. The van der Waals surface area contributed by atoms with E-state index in [1.807, 2.05) is 0 Å². The van der Waals surface area contributed by atoms with Gasteiger partial charge in [0.25, 0.3) is 11.8 Å². The highest BCUT2D eigenvalue weighted by molar-refractivity contribution is 5.94. The summed E-state index contributed by atoms with van der Waals surface area (Å²) in [6.45, 7) is 0.642. The lowest BCUT2D eigenvalue weighted by Gasteiger charge is -2.17. The van der Waals surface area contributed by atoms with E-state index in [9.17, 15) is 14.4 Å². The molecule has 8 nitrogen and oxygen atoms in total. The van der Waals surface area contributed by atoms with E-state index < -0.39 is 0 Å². The van der Waals surface area contributed by atoms with Gasteiger partial charge in [-0.3, -0.25) is 14.4 Å². The molecule has 0 aromatic carbocycles. The van der Waals surface area contributed by atoms with E-state index in [-0.39, 0.29) is 35.1 Å². The minimum absolute atomic E-state index is 0.216. The molecule has 3 heterocycles. The average Bonchev–Trinajstić information content (AvgIpc) is 3.23. The van der Waals surface area contributed by atoms with Gasteiger partial charge in [-0.1, -0.05) is 0 Å². The number of ether oxygens (including phenoxy) is 1. The summed E-state index contributed by atoms with van der Waals surface area (Å²) in [5.74, 6) is -0.555. The van der Waals surface area contributed by atoms with Crippen molar-refractivity contribution in [2.45, 2.75) is 12.1 Å². The minimum atomic E-state index is -0.329. The number of nitrogens with one attached hydrogen (secondary N) is 3. The number of hydrogen-bond acceptors (Lipinski definition) is 4. The molecule has 2 amide bonds. The topological polar surface area (TPSA) is 107 Å². The molecule has 0 saturated carbocycles. The third kappa shape index (κ3) is 3.23. The molecule has 126 valence electrons. The number of aromatic amines is 2. The zero-order valence-corrected chi connectivity index (χ0v) is 13.1. The van der Waals surface area contributed by atoms with Crippen LogP contribution in [0.2, 0.25) is 0 Å². The van der Waals surface area contributed by atoms with Gasteiger partial charge in [0, 0.05) is 44.7 Å². The molecule has 0 bridgehead atoms. The zero-order valence-electron chi connectivity index (χ0n) is 13.1. The van der Waals surface area contributed by atoms with Crippen LogP contribution in [0.25, 0.3) is 0 Å². The van der Waals surface area contributed by atoms with Crippen molar-refractivity contribution in [3.8, 4) is 0 Å². The summed E-state index contributed by atoms with van der Waals surface area (Å²) in [4.78, 5) is 43.2. The Bertz CT molecular complexity index is 783. The molecule has 0 radical (unpaired) electrons. The SMILES string of the molecule is CO[C@@H]1CN(C(=O)c2cc(=O)cc[nH]2)C[C@H]1NC(=O)c1ccc[nH]1. The lowest BCUT2D eigenvalue weighted by atomic mass is 10.2. The Morgan fingerprint density at radius 3 is 2.67 bits per heavy atom. The molecule has 24 heavy (non-hydrogen) atoms. The van der Waals surface area contributed by atoms with Gasteiger partial charge in [0.2, 0.25) is 0 Å². The van der Waals surface area contributed by atoms with E-state index in [0.717, 1.165) is 0 Å². The number of H-pyrrole nitrogens is 2. The number of amides is 2. The number of methoxy groups -OCH3 is 1. The van der Waals surface area contributed by atoms with Crippen molar-refractivity contribution in [2.24, 2.45) is 0 Å². The largest absolute Gasteiger partial charge is 0.377 e. The third-order valence-corrected chi connectivity index (χ3v) is 4.02. The van der Waals surface area contributed by atoms with Gasteiger partial charge in [-0.05, 0) is 12.1 Å². The second-order valence-electron chi connectivity index (χ2n) is 5.59. The number of likely N-dealkylation sites (tertiary alicyclic amines) is 1. The number of pyridine rings is 1. The second kappa shape index (κ2) is 6.71. The van der Waals surface area contributed by atoms with Crippen molar-refractivity contribution >= 4 is 11.8 Å². The Morgan fingerprint density at radius 2 is 2.00 bits per heavy atom. The van der Waals surface area contributed by atoms with Gasteiger partial charge >= 0.3 is 0 Å². The monoisotopic (exact) mass is 330 g/mol. The molecule has 1 aliphatic rings. The van der Waals surface area contributed by atoms with Crippen molar-refractivity contribution in [1.29, 1.82) is 0 Å². The number of nitrogens with zero attached hydrogens (tertiary/aromatic N) is 1. The average molecular weight is 330 g/mol. The number of hydrogen-bond donors (Lipinski definition) is 3. The van der Waals surface area contributed by atoms with Crippen molar-refractivity contribution in [3.05, 3.63) is 58.3 Å². The predicted molar refractivity (Wildman–Crippen MR) is 85.8 cm³/mol. The number of aromatic nitrogens is 2. The van der Waals surface area contributed by atoms with Gasteiger partial charge in [0.15, 0.2) is 5.43 Å². The van der Waals surface area contributed by atoms with E-state index in [1.165, 1.54) is 25.4 Å². The molecule has 3 rings (SSSR count). The first-order chi connectivity index (χ1) is 11.6. The van der Waals surface area contributed by atoms with E-state index in [4.69, 9.17) is 4.74 Å².